The van der Waals surface area contributed by atoms with Crippen molar-refractivity contribution in [3.05, 3.63) is 53.2 Å². The van der Waals surface area contributed by atoms with Crippen molar-refractivity contribution in [1.29, 1.82) is 0 Å². The molecule has 0 fully saturated rings. The van der Waals surface area contributed by atoms with Gasteiger partial charge in [0, 0.05) is 12.0 Å². The fraction of sp³-hybridized carbons (Fsp3) is 0.286. The predicted molar refractivity (Wildman–Crippen MR) is 65.1 cm³/mol. The van der Waals surface area contributed by atoms with Crippen molar-refractivity contribution in [3.8, 4) is 5.75 Å². The molecule has 3 nitrogen and oxygen atoms in total. The maximum Gasteiger partial charge on any atom is 0.165 e. The van der Waals surface area contributed by atoms with Crippen LogP contribution in [0.1, 0.15) is 23.0 Å². The Hall–Kier alpha value is -1.81. The van der Waals surface area contributed by atoms with E-state index in [0.29, 0.717) is 17.5 Å². The van der Waals surface area contributed by atoms with Crippen molar-refractivity contribution >= 4 is 0 Å². The first-order valence-corrected chi connectivity index (χ1v) is 5.65. The fourth-order valence-electron chi connectivity index (χ4n) is 1.82. The Morgan fingerprint density at radius 3 is 2.72 bits per heavy atom. The van der Waals surface area contributed by atoms with E-state index in [9.17, 15) is 9.50 Å². The molecule has 0 radical (unpaired) electrons. The number of aliphatic hydroxyl groups is 1. The van der Waals surface area contributed by atoms with Crippen LogP contribution < -0.4 is 4.74 Å². The highest BCUT2D eigenvalue weighted by Crippen LogP contribution is 2.23. The van der Waals surface area contributed by atoms with Gasteiger partial charge in [-0.3, -0.25) is 0 Å². The van der Waals surface area contributed by atoms with Gasteiger partial charge < -0.3 is 14.3 Å². The van der Waals surface area contributed by atoms with Gasteiger partial charge in [-0.15, -0.1) is 0 Å². The third kappa shape index (κ3) is 2.71. The SMILES string of the molecule is COc1ccc(CC(O)c2coc(C)c2)cc1F. The number of rotatable bonds is 4. The zero-order valence-corrected chi connectivity index (χ0v) is 10.3. The van der Waals surface area contributed by atoms with E-state index in [-0.39, 0.29) is 5.75 Å². The number of benzene rings is 1. The van der Waals surface area contributed by atoms with Crippen LogP contribution in [0.3, 0.4) is 0 Å². The molecule has 0 amide bonds. The zero-order valence-electron chi connectivity index (χ0n) is 10.3. The Morgan fingerprint density at radius 1 is 1.39 bits per heavy atom. The van der Waals surface area contributed by atoms with Crippen LogP contribution in [-0.2, 0) is 6.42 Å². The Morgan fingerprint density at radius 2 is 2.17 bits per heavy atom. The van der Waals surface area contributed by atoms with Crippen LogP contribution in [0.2, 0.25) is 0 Å². The number of hydrogen-bond acceptors (Lipinski definition) is 3. The summed E-state index contributed by atoms with van der Waals surface area (Å²) in [5, 5.41) is 9.99. The van der Waals surface area contributed by atoms with Crippen LogP contribution in [0, 0.1) is 12.7 Å². The summed E-state index contributed by atoms with van der Waals surface area (Å²) in [6, 6.07) is 6.43. The minimum absolute atomic E-state index is 0.201. The smallest absolute Gasteiger partial charge is 0.165 e. The van der Waals surface area contributed by atoms with Crippen molar-refractivity contribution in [2.24, 2.45) is 0 Å². The zero-order chi connectivity index (χ0) is 13.1. The molecule has 0 aliphatic rings. The van der Waals surface area contributed by atoms with Crippen LogP contribution in [0.15, 0.2) is 34.9 Å². The van der Waals surface area contributed by atoms with Gasteiger partial charge >= 0.3 is 0 Å². The third-order valence-electron chi connectivity index (χ3n) is 2.78. The summed E-state index contributed by atoms with van der Waals surface area (Å²) in [5.74, 6) is 0.517. The van der Waals surface area contributed by atoms with Gasteiger partial charge in [-0.05, 0) is 30.7 Å². The van der Waals surface area contributed by atoms with Gasteiger partial charge in [0.15, 0.2) is 11.6 Å². The molecule has 1 aromatic heterocycles. The van der Waals surface area contributed by atoms with Gasteiger partial charge in [0.25, 0.3) is 0 Å². The highest BCUT2D eigenvalue weighted by molar-refractivity contribution is 5.30. The molecule has 1 heterocycles. The molecular formula is C14H15FO3. The lowest BCUT2D eigenvalue weighted by molar-refractivity contribution is 0.177. The van der Waals surface area contributed by atoms with Crippen molar-refractivity contribution in [2.75, 3.05) is 7.11 Å². The molecule has 96 valence electrons. The van der Waals surface area contributed by atoms with E-state index in [0.717, 1.165) is 5.76 Å². The van der Waals surface area contributed by atoms with Gasteiger partial charge in [0.1, 0.15) is 5.76 Å². The summed E-state index contributed by atoms with van der Waals surface area (Å²) in [7, 11) is 1.42. The first-order chi connectivity index (χ1) is 8.60. The summed E-state index contributed by atoms with van der Waals surface area (Å²) in [6.45, 7) is 1.81. The lowest BCUT2D eigenvalue weighted by Gasteiger charge is -2.09. The van der Waals surface area contributed by atoms with E-state index in [1.165, 1.54) is 19.4 Å². The maximum absolute atomic E-state index is 13.5. The van der Waals surface area contributed by atoms with E-state index < -0.39 is 11.9 Å². The molecule has 1 atom stereocenters. The van der Waals surface area contributed by atoms with Gasteiger partial charge in [-0.1, -0.05) is 6.07 Å². The number of furan rings is 1. The van der Waals surface area contributed by atoms with Crippen LogP contribution in [0.25, 0.3) is 0 Å². The molecule has 0 aliphatic heterocycles. The molecule has 0 aliphatic carbocycles. The van der Waals surface area contributed by atoms with Gasteiger partial charge in [-0.25, -0.2) is 4.39 Å². The highest BCUT2D eigenvalue weighted by atomic mass is 19.1. The number of methoxy groups -OCH3 is 1. The first kappa shape index (κ1) is 12.6. The first-order valence-electron chi connectivity index (χ1n) is 5.65. The molecular weight excluding hydrogens is 235 g/mol. The van der Waals surface area contributed by atoms with E-state index in [1.54, 1.807) is 18.2 Å². The summed E-state index contributed by atoms with van der Waals surface area (Å²) < 4.78 is 23.5. The second kappa shape index (κ2) is 5.23. The topological polar surface area (TPSA) is 42.6 Å². The summed E-state index contributed by atoms with van der Waals surface area (Å²) in [6.07, 6.45) is 1.15. The van der Waals surface area contributed by atoms with E-state index in [2.05, 4.69) is 0 Å². The molecule has 2 aromatic rings. The second-order valence-corrected chi connectivity index (χ2v) is 4.18. The standard InChI is InChI=1S/C14H15FO3/c1-9-5-11(8-18-9)13(16)7-10-3-4-14(17-2)12(15)6-10/h3-6,8,13,16H,7H2,1-2H3. The Kier molecular flexibility index (Phi) is 3.67. The predicted octanol–water partition coefficient (Wildman–Crippen LogP) is 3.01. The second-order valence-electron chi connectivity index (χ2n) is 4.18. The molecule has 4 heteroatoms. The lowest BCUT2D eigenvalue weighted by Crippen LogP contribution is -2.01. The molecule has 0 saturated heterocycles. The molecule has 18 heavy (non-hydrogen) atoms. The average molecular weight is 250 g/mol. The van der Waals surface area contributed by atoms with Crippen LogP contribution in [0.4, 0.5) is 4.39 Å². The van der Waals surface area contributed by atoms with E-state index >= 15 is 0 Å². The molecule has 0 bridgehead atoms. The normalized spacial score (nSPS) is 12.4. The number of ether oxygens (including phenoxy) is 1. The van der Waals surface area contributed by atoms with Crippen molar-refractivity contribution in [2.45, 2.75) is 19.4 Å². The fourth-order valence-corrected chi connectivity index (χ4v) is 1.82. The van der Waals surface area contributed by atoms with Crippen molar-refractivity contribution in [3.63, 3.8) is 0 Å². The van der Waals surface area contributed by atoms with E-state index in [4.69, 9.17) is 9.15 Å². The summed E-state index contributed by atoms with van der Waals surface area (Å²) >= 11 is 0. The molecule has 1 unspecified atom stereocenters. The highest BCUT2D eigenvalue weighted by Gasteiger charge is 2.12. The summed E-state index contributed by atoms with van der Waals surface area (Å²) in [5.41, 5.74) is 1.41. The van der Waals surface area contributed by atoms with Gasteiger partial charge in [0.05, 0.1) is 19.5 Å². The minimum atomic E-state index is -0.699. The molecule has 1 aromatic carbocycles. The van der Waals surface area contributed by atoms with Crippen molar-refractivity contribution in [1.82, 2.24) is 0 Å². The van der Waals surface area contributed by atoms with Gasteiger partial charge in [-0.2, -0.15) is 0 Å². The largest absolute Gasteiger partial charge is 0.494 e. The quantitative estimate of drug-likeness (QED) is 0.907. The van der Waals surface area contributed by atoms with Crippen LogP contribution in [0.5, 0.6) is 5.75 Å². The molecule has 0 spiro atoms. The molecule has 2 rings (SSSR count). The molecule has 0 saturated carbocycles. The maximum atomic E-state index is 13.5. The number of halogens is 1. The monoisotopic (exact) mass is 250 g/mol. The Labute approximate surface area is 105 Å². The number of aryl methyl sites for hydroxylation is 1. The van der Waals surface area contributed by atoms with Crippen LogP contribution in [-0.4, -0.2) is 12.2 Å². The minimum Gasteiger partial charge on any atom is -0.494 e. The number of aliphatic hydroxyl groups excluding tert-OH is 1. The van der Waals surface area contributed by atoms with Gasteiger partial charge in [0.2, 0.25) is 0 Å². The molecule has 1 N–H and O–H groups in total. The van der Waals surface area contributed by atoms with Crippen molar-refractivity contribution < 1.29 is 18.7 Å². The third-order valence-corrected chi connectivity index (χ3v) is 2.78. The Bertz CT molecular complexity index is 534. The summed E-state index contributed by atoms with van der Waals surface area (Å²) in [4.78, 5) is 0. The average Bonchev–Trinajstić information content (AvgIpc) is 2.76. The van der Waals surface area contributed by atoms with E-state index in [1.807, 2.05) is 6.92 Å². The lowest BCUT2D eigenvalue weighted by atomic mass is 10.0. The number of hydrogen-bond donors (Lipinski definition) is 1. The van der Waals surface area contributed by atoms with Crippen LogP contribution >= 0.6 is 0 Å². The Balaban J connectivity index is 2.12.